The highest BCUT2D eigenvalue weighted by atomic mass is 35.5. The van der Waals surface area contributed by atoms with E-state index in [0.29, 0.717) is 40.7 Å². The molecule has 0 spiro atoms. The van der Waals surface area contributed by atoms with E-state index in [-0.39, 0.29) is 23.2 Å². The number of benzene rings is 2. The van der Waals surface area contributed by atoms with Crippen LogP contribution in [0.1, 0.15) is 35.8 Å². The number of Topliss-reactive ketones (excluding diaryl/α,β-unsaturated/α-hetero) is 1. The summed E-state index contributed by atoms with van der Waals surface area (Å²) in [6, 6.07) is 14.8. The molecule has 158 valence electrons. The number of ketones is 1. The van der Waals surface area contributed by atoms with Crippen molar-refractivity contribution in [3.8, 4) is 17.6 Å². The largest absolute Gasteiger partial charge is 0.493 e. The number of carbonyl (C=O) groups is 1. The van der Waals surface area contributed by atoms with E-state index >= 15 is 0 Å². The lowest BCUT2D eigenvalue weighted by molar-refractivity contribution is -0.117. The van der Waals surface area contributed by atoms with Crippen LogP contribution in [0, 0.1) is 11.3 Å². The van der Waals surface area contributed by atoms with E-state index in [0.717, 1.165) is 11.1 Å². The molecule has 0 saturated carbocycles. The molecule has 2 aromatic carbocycles. The lowest BCUT2D eigenvalue weighted by Gasteiger charge is -2.34. The van der Waals surface area contributed by atoms with Gasteiger partial charge < -0.3 is 19.9 Å². The van der Waals surface area contributed by atoms with E-state index in [2.05, 4.69) is 6.07 Å². The van der Waals surface area contributed by atoms with Gasteiger partial charge in [0.2, 0.25) is 5.88 Å². The van der Waals surface area contributed by atoms with Gasteiger partial charge in [-0.05, 0) is 41.3 Å². The molecule has 1 aliphatic heterocycles. The van der Waals surface area contributed by atoms with Crippen molar-refractivity contribution in [1.29, 1.82) is 5.26 Å². The third-order valence-electron chi connectivity index (χ3n) is 5.74. The van der Waals surface area contributed by atoms with Crippen molar-refractivity contribution in [2.45, 2.75) is 24.7 Å². The molecule has 1 aliphatic carbocycles. The van der Waals surface area contributed by atoms with Crippen LogP contribution in [0.15, 0.2) is 65.3 Å². The highest BCUT2D eigenvalue weighted by Crippen LogP contribution is 2.47. The molecule has 0 amide bonds. The Bertz CT molecular complexity index is 1150. The first kappa shape index (κ1) is 20.8. The van der Waals surface area contributed by atoms with Crippen molar-refractivity contribution < 1.29 is 19.0 Å². The van der Waals surface area contributed by atoms with Crippen LogP contribution >= 0.6 is 11.6 Å². The minimum Gasteiger partial charge on any atom is -0.493 e. The summed E-state index contributed by atoms with van der Waals surface area (Å²) in [6.45, 7) is 0. The molecule has 31 heavy (non-hydrogen) atoms. The molecule has 1 heterocycles. The average molecular weight is 437 g/mol. The first-order valence-electron chi connectivity index (χ1n) is 9.78. The predicted molar refractivity (Wildman–Crippen MR) is 116 cm³/mol. The molecule has 2 aromatic rings. The number of carbonyl (C=O) groups excluding carboxylic acids is 1. The Kier molecular flexibility index (Phi) is 5.62. The number of rotatable bonds is 4. The summed E-state index contributed by atoms with van der Waals surface area (Å²) in [5, 5.41) is 10.3. The number of halogens is 1. The number of ether oxygens (including phenoxy) is 3. The molecule has 0 bridgehead atoms. The highest BCUT2D eigenvalue weighted by molar-refractivity contribution is 6.30. The average Bonchev–Trinajstić information content (AvgIpc) is 2.78. The van der Waals surface area contributed by atoms with Crippen LogP contribution in [-0.2, 0) is 9.53 Å². The summed E-state index contributed by atoms with van der Waals surface area (Å²) in [6.07, 6.45) is 0.778. The van der Waals surface area contributed by atoms with Crippen LogP contribution in [0.2, 0.25) is 5.02 Å². The molecule has 0 aromatic heterocycles. The molecule has 2 N–H and O–H groups in total. The van der Waals surface area contributed by atoms with Gasteiger partial charge in [0.15, 0.2) is 17.3 Å². The highest BCUT2D eigenvalue weighted by Gasteiger charge is 2.41. The summed E-state index contributed by atoms with van der Waals surface area (Å²) in [5.41, 5.74) is 8.54. The van der Waals surface area contributed by atoms with E-state index < -0.39 is 5.92 Å². The van der Waals surface area contributed by atoms with E-state index in [4.69, 9.17) is 31.5 Å². The SMILES string of the molecule is COc1ccc([C@H]2CC(=O)C3=C(C2)OC(N)=C(C#N)[C@@H]3c2ccc(Cl)cc2)cc1OC. The summed E-state index contributed by atoms with van der Waals surface area (Å²) >= 11 is 6.02. The second kappa shape index (κ2) is 8.37. The molecule has 0 unspecified atom stereocenters. The summed E-state index contributed by atoms with van der Waals surface area (Å²) in [5.74, 6) is 1.02. The van der Waals surface area contributed by atoms with Gasteiger partial charge in [-0.1, -0.05) is 29.8 Å². The summed E-state index contributed by atoms with van der Waals surface area (Å²) < 4.78 is 16.5. The van der Waals surface area contributed by atoms with Gasteiger partial charge in [0.05, 0.1) is 20.1 Å². The number of hydrogen-bond donors (Lipinski definition) is 1. The van der Waals surface area contributed by atoms with Gasteiger partial charge in [-0.25, -0.2) is 0 Å². The zero-order valence-corrected chi connectivity index (χ0v) is 17.9. The van der Waals surface area contributed by atoms with Crippen molar-refractivity contribution in [3.63, 3.8) is 0 Å². The molecule has 4 rings (SSSR count). The van der Waals surface area contributed by atoms with Gasteiger partial charge in [0.1, 0.15) is 17.4 Å². The van der Waals surface area contributed by atoms with Crippen molar-refractivity contribution in [1.82, 2.24) is 0 Å². The van der Waals surface area contributed by atoms with Crippen LogP contribution in [0.25, 0.3) is 0 Å². The number of allylic oxidation sites excluding steroid dienone is 3. The number of nitrogens with zero attached hydrogens (tertiary/aromatic N) is 1. The molecular weight excluding hydrogens is 416 g/mol. The third kappa shape index (κ3) is 3.73. The summed E-state index contributed by atoms with van der Waals surface area (Å²) in [7, 11) is 3.15. The van der Waals surface area contributed by atoms with E-state index in [1.165, 1.54) is 0 Å². The lowest BCUT2D eigenvalue weighted by Crippen LogP contribution is -2.29. The van der Waals surface area contributed by atoms with Crippen LogP contribution in [-0.4, -0.2) is 20.0 Å². The predicted octanol–water partition coefficient (Wildman–Crippen LogP) is 4.57. The maximum absolute atomic E-state index is 13.3. The van der Waals surface area contributed by atoms with Crippen LogP contribution in [0.3, 0.4) is 0 Å². The Labute approximate surface area is 185 Å². The standard InChI is InChI=1S/C24H21ClN2O4/c1-29-19-8-5-14(10-20(19)30-2)15-9-18(28)23-21(11-15)31-24(27)17(12-26)22(23)13-3-6-16(25)7-4-13/h3-8,10,15,22H,9,11,27H2,1-2H3/t15-,22-/m0/s1. The molecule has 0 radical (unpaired) electrons. The molecular formula is C24H21ClN2O4. The van der Waals surface area contributed by atoms with Gasteiger partial charge in [-0.3, -0.25) is 4.79 Å². The monoisotopic (exact) mass is 436 g/mol. The minimum atomic E-state index is -0.565. The van der Waals surface area contributed by atoms with Crippen LogP contribution in [0.5, 0.6) is 11.5 Å². The van der Waals surface area contributed by atoms with Crippen LogP contribution < -0.4 is 15.2 Å². The topological polar surface area (TPSA) is 94.6 Å². The van der Waals surface area contributed by atoms with Crippen molar-refractivity contribution in [2.75, 3.05) is 14.2 Å². The Balaban J connectivity index is 1.75. The Morgan fingerprint density at radius 1 is 1.06 bits per heavy atom. The second-order valence-corrected chi connectivity index (χ2v) is 7.89. The number of nitrogens with two attached hydrogens (primary N) is 1. The lowest BCUT2D eigenvalue weighted by atomic mass is 9.73. The molecule has 7 heteroatoms. The van der Waals surface area contributed by atoms with Gasteiger partial charge in [0, 0.05) is 23.4 Å². The van der Waals surface area contributed by atoms with Crippen molar-refractivity contribution in [2.24, 2.45) is 5.73 Å². The van der Waals surface area contributed by atoms with E-state index in [1.807, 2.05) is 18.2 Å². The fourth-order valence-corrected chi connectivity index (χ4v) is 4.36. The fourth-order valence-electron chi connectivity index (χ4n) is 4.24. The molecule has 2 atom stereocenters. The first-order valence-corrected chi connectivity index (χ1v) is 10.2. The molecule has 2 aliphatic rings. The minimum absolute atomic E-state index is 0.0296. The number of hydrogen-bond acceptors (Lipinski definition) is 6. The Morgan fingerprint density at radius 3 is 2.39 bits per heavy atom. The molecule has 0 saturated heterocycles. The van der Waals surface area contributed by atoms with Gasteiger partial charge in [-0.2, -0.15) is 5.26 Å². The summed E-state index contributed by atoms with van der Waals surface area (Å²) in [4.78, 5) is 13.3. The second-order valence-electron chi connectivity index (χ2n) is 7.46. The Hall–Kier alpha value is -3.43. The fraction of sp³-hybridized carbons (Fsp3) is 0.250. The van der Waals surface area contributed by atoms with Crippen molar-refractivity contribution in [3.05, 3.63) is 81.4 Å². The van der Waals surface area contributed by atoms with Gasteiger partial charge in [0.25, 0.3) is 0 Å². The molecule has 0 fully saturated rings. The zero-order chi connectivity index (χ0) is 22.1. The van der Waals surface area contributed by atoms with Crippen LogP contribution in [0.4, 0.5) is 0 Å². The number of nitriles is 1. The van der Waals surface area contributed by atoms with Crippen molar-refractivity contribution >= 4 is 17.4 Å². The van der Waals surface area contributed by atoms with Gasteiger partial charge in [-0.15, -0.1) is 0 Å². The maximum Gasteiger partial charge on any atom is 0.205 e. The van der Waals surface area contributed by atoms with Gasteiger partial charge >= 0.3 is 0 Å². The maximum atomic E-state index is 13.3. The molecule has 6 nitrogen and oxygen atoms in total. The Morgan fingerprint density at radius 2 is 1.74 bits per heavy atom. The normalized spacial score (nSPS) is 20.6. The first-order chi connectivity index (χ1) is 15.0. The quantitative estimate of drug-likeness (QED) is 0.754. The van der Waals surface area contributed by atoms with E-state index in [1.54, 1.807) is 38.5 Å². The zero-order valence-electron chi connectivity index (χ0n) is 17.1. The number of methoxy groups -OCH3 is 2. The van der Waals surface area contributed by atoms with E-state index in [9.17, 15) is 10.1 Å². The third-order valence-corrected chi connectivity index (χ3v) is 6.00. The smallest absolute Gasteiger partial charge is 0.205 e.